The van der Waals surface area contributed by atoms with Crippen LogP contribution in [0, 0.1) is 0 Å². The summed E-state index contributed by atoms with van der Waals surface area (Å²) in [6.07, 6.45) is 3.36. The Balaban J connectivity index is 1.77. The minimum Gasteiger partial charge on any atom is -0.354 e. The van der Waals surface area contributed by atoms with E-state index >= 15 is 0 Å². The van der Waals surface area contributed by atoms with Gasteiger partial charge in [-0.2, -0.15) is 0 Å². The number of carbonyl (C=O) groups is 1. The van der Waals surface area contributed by atoms with E-state index in [0.717, 1.165) is 5.56 Å². The normalized spacial score (nSPS) is 16.2. The van der Waals surface area contributed by atoms with E-state index in [2.05, 4.69) is 25.6 Å². The SMILES string of the molecule is CCc1cc2ncc(Cc3nc(C(=O)NC)ccc3C3=CCNCC3F)cc2[nH]c1=O. The average Bonchev–Trinajstić information content (AvgIpc) is 2.78. The van der Waals surface area contributed by atoms with Crippen LogP contribution in [-0.4, -0.2) is 47.2 Å². The molecule has 0 saturated heterocycles. The first-order chi connectivity index (χ1) is 15.0. The number of alkyl halides is 1. The van der Waals surface area contributed by atoms with Crippen LogP contribution in [-0.2, 0) is 12.8 Å². The summed E-state index contributed by atoms with van der Waals surface area (Å²) in [7, 11) is 1.54. The van der Waals surface area contributed by atoms with E-state index in [9.17, 15) is 14.0 Å². The number of hydrogen-bond acceptors (Lipinski definition) is 5. The van der Waals surface area contributed by atoms with E-state index in [4.69, 9.17) is 0 Å². The van der Waals surface area contributed by atoms with E-state index in [1.807, 2.05) is 19.1 Å². The van der Waals surface area contributed by atoms with Crippen LogP contribution in [0.2, 0.25) is 0 Å². The molecule has 0 saturated carbocycles. The third-order valence-electron chi connectivity index (χ3n) is 5.45. The zero-order chi connectivity index (χ0) is 22.0. The Kier molecular flexibility index (Phi) is 5.90. The van der Waals surface area contributed by atoms with Crippen LogP contribution in [0.15, 0.2) is 41.3 Å². The van der Waals surface area contributed by atoms with Gasteiger partial charge in [-0.15, -0.1) is 0 Å². The quantitative estimate of drug-likeness (QED) is 0.586. The Morgan fingerprint density at radius 3 is 2.90 bits per heavy atom. The lowest BCUT2D eigenvalue weighted by Gasteiger charge is -2.21. The van der Waals surface area contributed by atoms with Crippen molar-refractivity contribution in [2.45, 2.75) is 25.9 Å². The van der Waals surface area contributed by atoms with Crippen LogP contribution in [0.3, 0.4) is 0 Å². The van der Waals surface area contributed by atoms with Crippen molar-refractivity contribution in [2.75, 3.05) is 20.1 Å². The van der Waals surface area contributed by atoms with Crippen molar-refractivity contribution in [2.24, 2.45) is 0 Å². The van der Waals surface area contributed by atoms with Crippen molar-refractivity contribution in [3.63, 3.8) is 0 Å². The van der Waals surface area contributed by atoms with E-state index in [1.165, 1.54) is 0 Å². The topological polar surface area (TPSA) is 99.8 Å². The maximum absolute atomic E-state index is 14.6. The summed E-state index contributed by atoms with van der Waals surface area (Å²) in [5.41, 5.74) is 4.80. The Bertz CT molecular complexity index is 1230. The van der Waals surface area contributed by atoms with Gasteiger partial charge in [0, 0.05) is 43.9 Å². The average molecular weight is 421 g/mol. The van der Waals surface area contributed by atoms with Crippen LogP contribution in [0.1, 0.15) is 39.8 Å². The van der Waals surface area contributed by atoms with E-state index in [0.29, 0.717) is 52.8 Å². The van der Waals surface area contributed by atoms with Crippen LogP contribution < -0.4 is 16.2 Å². The van der Waals surface area contributed by atoms with Crippen molar-refractivity contribution in [3.05, 3.63) is 75.0 Å². The lowest BCUT2D eigenvalue weighted by molar-refractivity contribution is 0.0958. The molecule has 0 bridgehead atoms. The molecule has 0 fully saturated rings. The first kappa shape index (κ1) is 20.9. The molecule has 1 aliphatic heterocycles. The second-order valence-corrected chi connectivity index (χ2v) is 7.49. The molecule has 8 heteroatoms. The molecule has 4 rings (SSSR count). The van der Waals surface area contributed by atoms with Gasteiger partial charge < -0.3 is 15.6 Å². The number of nitrogens with zero attached hydrogens (tertiary/aromatic N) is 2. The molecule has 3 aromatic heterocycles. The van der Waals surface area contributed by atoms with Gasteiger partial charge in [0.1, 0.15) is 11.9 Å². The number of nitrogens with one attached hydrogen (secondary N) is 3. The molecule has 1 aliphatic rings. The molecule has 3 N–H and O–H groups in total. The molecule has 1 unspecified atom stereocenters. The first-order valence-corrected chi connectivity index (χ1v) is 10.3. The molecule has 7 nitrogen and oxygen atoms in total. The largest absolute Gasteiger partial charge is 0.354 e. The summed E-state index contributed by atoms with van der Waals surface area (Å²) in [6.45, 7) is 2.73. The van der Waals surface area contributed by atoms with E-state index < -0.39 is 6.17 Å². The standard InChI is InChI=1S/C23H24FN5O2/c1-3-14-10-20-21(29-22(14)30)9-13(11-27-20)8-19-16(15-6-7-26-12-17(15)24)4-5-18(28-19)23(31)25-2/h4-6,9-11,17,26H,3,7-8,12H2,1-2H3,(H,25,31)(H,29,30). The van der Waals surface area contributed by atoms with Gasteiger partial charge in [0.05, 0.1) is 16.7 Å². The van der Waals surface area contributed by atoms with Crippen molar-refractivity contribution in [1.29, 1.82) is 0 Å². The van der Waals surface area contributed by atoms with Gasteiger partial charge in [-0.3, -0.25) is 14.6 Å². The number of H-pyrrole nitrogens is 1. The van der Waals surface area contributed by atoms with Crippen molar-refractivity contribution >= 4 is 22.5 Å². The smallest absolute Gasteiger partial charge is 0.269 e. The fourth-order valence-electron chi connectivity index (χ4n) is 3.78. The molecular formula is C23H24FN5O2. The van der Waals surface area contributed by atoms with Gasteiger partial charge in [0.15, 0.2) is 0 Å². The van der Waals surface area contributed by atoms with Crippen LogP contribution >= 0.6 is 0 Å². The molecular weight excluding hydrogens is 397 g/mol. The van der Waals surface area contributed by atoms with E-state index in [1.54, 1.807) is 31.4 Å². The molecule has 3 aromatic rings. The van der Waals surface area contributed by atoms with Gasteiger partial charge in [-0.25, -0.2) is 9.37 Å². The summed E-state index contributed by atoms with van der Waals surface area (Å²) in [4.78, 5) is 36.2. The Hall–Kier alpha value is -3.39. The molecule has 4 heterocycles. The summed E-state index contributed by atoms with van der Waals surface area (Å²) in [6, 6.07) is 7.00. The lowest BCUT2D eigenvalue weighted by atomic mass is 9.94. The Labute approximate surface area is 178 Å². The van der Waals surface area contributed by atoms with Gasteiger partial charge in [0.2, 0.25) is 0 Å². The molecule has 0 spiro atoms. The zero-order valence-electron chi connectivity index (χ0n) is 17.5. The number of carbonyl (C=O) groups excluding carboxylic acids is 1. The predicted molar refractivity (Wildman–Crippen MR) is 118 cm³/mol. The maximum atomic E-state index is 14.6. The summed E-state index contributed by atoms with van der Waals surface area (Å²) >= 11 is 0. The van der Waals surface area contributed by atoms with E-state index in [-0.39, 0.29) is 23.7 Å². The van der Waals surface area contributed by atoms with Gasteiger partial charge in [-0.1, -0.05) is 19.1 Å². The summed E-state index contributed by atoms with van der Waals surface area (Å²) < 4.78 is 14.6. The molecule has 0 radical (unpaired) electrons. The highest BCUT2D eigenvalue weighted by atomic mass is 19.1. The second kappa shape index (κ2) is 8.77. The van der Waals surface area contributed by atoms with Crippen LogP contribution in [0.4, 0.5) is 4.39 Å². The number of pyridine rings is 3. The molecule has 1 atom stereocenters. The monoisotopic (exact) mass is 421 g/mol. The minimum absolute atomic E-state index is 0.130. The predicted octanol–water partition coefficient (Wildman–Crippen LogP) is 2.16. The number of hydrogen-bond donors (Lipinski definition) is 3. The highest BCUT2D eigenvalue weighted by molar-refractivity contribution is 5.92. The third kappa shape index (κ3) is 4.25. The molecule has 31 heavy (non-hydrogen) atoms. The van der Waals surface area contributed by atoms with Crippen LogP contribution in [0.5, 0.6) is 0 Å². The highest BCUT2D eigenvalue weighted by Crippen LogP contribution is 2.27. The number of rotatable bonds is 5. The number of fused-ring (bicyclic) bond motifs is 1. The molecule has 160 valence electrons. The zero-order valence-corrected chi connectivity index (χ0v) is 17.5. The fourth-order valence-corrected chi connectivity index (χ4v) is 3.78. The van der Waals surface area contributed by atoms with Crippen molar-refractivity contribution in [3.8, 4) is 0 Å². The summed E-state index contributed by atoms with van der Waals surface area (Å²) in [5.74, 6) is -0.308. The lowest BCUT2D eigenvalue weighted by Crippen LogP contribution is -2.30. The number of amides is 1. The maximum Gasteiger partial charge on any atom is 0.269 e. The Morgan fingerprint density at radius 2 is 2.16 bits per heavy atom. The minimum atomic E-state index is -1.15. The number of aromatic amines is 1. The number of aromatic nitrogens is 3. The second-order valence-electron chi connectivity index (χ2n) is 7.49. The fraction of sp³-hybridized carbons (Fsp3) is 0.304. The summed E-state index contributed by atoms with van der Waals surface area (Å²) in [5, 5.41) is 5.57. The van der Waals surface area contributed by atoms with Gasteiger partial charge in [-0.05, 0) is 35.8 Å². The number of halogens is 1. The molecule has 1 amide bonds. The Morgan fingerprint density at radius 1 is 1.32 bits per heavy atom. The molecule has 0 aliphatic carbocycles. The highest BCUT2D eigenvalue weighted by Gasteiger charge is 2.22. The molecule has 0 aromatic carbocycles. The third-order valence-corrected chi connectivity index (χ3v) is 5.45. The first-order valence-electron chi connectivity index (χ1n) is 10.3. The van der Waals surface area contributed by atoms with Gasteiger partial charge >= 0.3 is 0 Å². The van der Waals surface area contributed by atoms with Crippen molar-refractivity contribution < 1.29 is 9.18 Å². The van der Waals surface area contributed by atoms with Crippen LogP contribution in [0.25, 0.3) is 16.6 Å². The number of aryl methyl sites for hydroxylation is 1. The van der Waals surface area contributed by atoms with Gasteiger partial charge in [0.25, 0.3) is 11.5 Å². The van der Waals surface area contributed by atoms with Crippen molar-refractivity contribution in [1.82, 2.24) is 25.6 Å².